The molecule has 2 aromatic heterocycles. The van der Waals surface area contributed by atoms with Crippen LogP contribution in [0.15, 0.2) is 35.7 Å². The lowest BCUT2D eigenvalue weighted by Gasteiger charge is -2.18. The number of hydrogen-bond donors (Lipinski definition) is 1. The number of amides is 1. The molecule has 0 saturated heterocycles. The molecule has 0 bridgehead atoms. The Morgan fingerprint density at radius 1 is 1.11 bits per heavy atom. The van der Waals surface area contributed by atoms with Crippen LogP contribution in [-0.4, -0.2) is 29.9 Å². The third-order valence-electron chi connectivity index (χ3n) is 4.02. The smallest absolute Gasteiger partial charge is 0.226 e. The Kier molecular flexibility index (Phi) is 5.61. The van der Waals surface area contributed by atoms with Crippen molar-refractivity contribution in [1.29, 1.82) is 0 Å². The van der Waals surface area contributed by atoms with Gasteiger partial charge in [-0.05, 0) is 30.3 Å². The van der Waals surface area contributed by atoms with Gasteiger partial charge in [0.05, 0.1) is 14.9 Å². The molecule has 3 heterocycles. The first-order valence-electron chi connectivity index (χ1n) is 8.52. The third kappa shape index (κ3) is 4.35. The molecule has 28 heavy (non-hydrogen) atoms. The summed E-state index contributed by atoms with van der Waals surface area (Å²) in [5.41, 5.74) is 1.62. The van der Waals surface area contributed by atoms with Crippen molar-refractivity contribution in [2.24, 2.45) is 0 Å². The van der Waals surface area contributed by atoms with Crippen molar-refractivity contribution in [3.63, 3.8) is 0 Å². The molecule has 0 unspecified atom stereocenters. The molecule has 0 radical (unpaired) electrons. The predicted octanol–water partition coefficient (Wildman–Crippen LogP) is 4.90. The van der Waals surface area contributed by atoms with E-state index in [1.54, 1.807) is 12.1 Å². The van der Waals surface area contributed by atoms with Crippen LogP contribution in [0.2, 0.25) is 4.34 Å². The highest BCUT2D eigenvalue weighted by molar-refractivity contribution is 7.18. The zero-order valence-electron chi connectivity index (χ0n) is 14.6. The molecular weight excluding hydrogens is 420 g/mol. The lowest BCUT2D eigenvalue weighted by Crippen LogP contribution is -2.15. The summed E-state index contributed by atoms with van der Waals surface area (Å²) in [5.74, 6) is 1.06. The minimum Gasteiger partial charge on any atom is -0.486 e. The maximum atomic E-state index is 12.1. The SMILES string of the molecule is O=C(CCC(=O)c1ccc(Cl)s1)Nc1nc(-c2ccc3c(c2)OCCO3)cs1. The summed E-state index contributed by atoms with van der Waals surface area (Å²) in [6.45, 7) is 1.06. The van der Waals surface area contributed by atoms with Crippen molar-refractivity contribution in [3.8, 4) is 22.8 Å². The molecule has 1 aromatic carbocycles. The molecule has 0 atom stereocenters. The lowest BCUT2D eigenvalue weighted by molar-refractivity contribution is -0.116. The highest BCUT2D eigenvalue weighted by Crippen LogP contribution is 2.35. The molecule has 4 rings (SSSR count). The topological polar surface area (TPSA) is 77.5 Å². The lowest BCUT2D eigenvalue weighted by atomic mass is 10.1. The summed E-state index contributed by atoms with van der Waals surface area (Å²) < 4.78 is 11.7. The monoisotopic (exact) mass is 434 g/mol. The van der Waals surface area contributed by atoms with Crippen molar-refractivity contribution < 1.29 is 19.1 Å². The number of ether oxygens (including phenoxy) is 2. The maximum Gasteiger partial charge on any atom is 0.226 e. The normalized spacial score (nSPS) is 12.6. The van der Waals surface area contributed by atoms with E-state index in [0.29, 0.717) is 33.3 Å². The summed E-state index contributed by atoms with van der Waals surface area (Å²) in [6.07, 6.45) is 0.219. The van der Waals surface area contributed by atoms with Gasteiger partial charge in [-0.1, -0.05) is 11.6 Å². The Morgan fingerprint density at radius 3 is 2.71 bits per heavy atom. The number of ketones is 1. The zero-order chi connectivity index (χ0) is 19.5. The Labute approximate surface area is 174 Å². The first kappa shape index (κ1) is 18.9. The van der Waals surface area contributed by atoms with Gasteiger partial charge in [-0.2, -0.15) is 0 Å². The molecule has 1 aliphatic rings. The maximum absolute atomic E-state index is 12.1. The van der Waals surface area contributed by atoms with Crippen LogP contribution in [0, 0.1) is 0 Å². The third-order valence-corrected chi connectivity index (χ3v) is 6.05. The van der Waals surface area contributed by atoms with E-state index in [-0.39, 0.29) is 24.5 Å². The van der Waals surface area contributed by atoms with Gasteiger partial charge in [0, 0.05) is 23.8 Å². The average Bonchev–Trinajstić information content (AvgIpc) is 3.35. The van der Waals surface area contributed by atoms with Crippen molar-refractivity contribution in [3.05, 3.63) is 44.9 Å². The van der Waals surface area contributed by atoms with Crippen LogP contribution >= 0.6 is 34.3 Å². The number of benzene rings is 1. The quantitative estimate of drug-likeness (QED) is 0.558. The Balaban J connectivity index is 1.35. The van der Waals surface area contributed by atoms with Crippen molar-refractivity contribution in [1.82, 2.24) is 4.98 Å². The number of carbonyl (C=O) groups is 2. The number of nitrogens with zero attached hydrogens (tertiary/aromatic N) is 1. The van der Waals surface area contributed by atoms with E-state index in [4.69, 9.17) is 21.1 Å². The van der Waals surface area contributed by atoms with Crippen LogP contribution in [0.5, 0.6) is 11.5 Å². The second-order valence-electron chi connectivity index (χ2n) is 5.97. The molecule has 9 heteroatoms. The molecule has 0 fully saturated rings. The Bertz CT molecular complexity index is 1030. The summed E-state index contributed by atoms with van der Waals surface area (Å²) in [6, 6.07) is 8.98. The van der Waals surface area contributed by atoms with Gasteiger partial charge in [-0.15, -0.1) is 22.7 Å². The second kappa shape index (κ2) is 8.30. The number of fused-ring (bicyclic) bond motifs is 1. The number of hydrogen-bond acceptors (Lipinski definition) is 7. The van der Waals surface area contributed by atoms with Gasteiger partial charge in [-0.25, -0.2) is 4.98 Å². The first-order valence-corrected chi connectivity index (χ1v) is 10.6. The molecule has 0 spiro atoms. The van der Waals surface area contributed by atoms with Crippen LogP contribution in [0.3, 0.4) is 0 Å². The van der Waals surface area contributed by atoms with Crippen LogP contribution in [0.4, 0.5) is 5.13 Å². The van der Waals surface area contributed by atoms with Gasteiger partial charge in [0.1, 0.15) is 13.2 Å². The van der Waals surface area contributed by atoms with E-state index < -0.39 is 0 Å². The predicted molar refractivity (Wildman–Crippen MR) is 110 cm³/mol. The summed E-state index contributed by atoms with van der Waals surface area (Å²) >= 11 is 8.38. The van der Waals surface area contributed by atoms with E-state index in [1.807, 2.05) is 23.6 Å². The zero-order valence-corrected chi connectivity index (χ0v) is 17.0. The number of anilines is 1. The fraction of sp³-hybridized carbons (Fsp3) is 0.211. The fourth-order valence-corrected chi connectivity index (χ4v) is 4.41. The van der Waals surface area contributed by atoms with Crippen LogP contribution in [0.1, 0.15) is 22.5 Å². The summed E-state index contributed by atoms with van der Waals surface area (Å²) in [4.78, 5) is 29.2. The number of halogens is 1. The summed E-state index contributed by atoms with van der Waals surface area (Å²) in [5, 5.41) is 5.09. The van der Waals surface area contributed by atoms with E-state index >= 15 is 0 Å². The van der Waals surface area contributed by atoms with Crippen molar-refractivity contribution >= 4 is 51.1 Å². The van der Waals surface area contributed by atoms with Gasteiger partial charge in [0.2, 0.25) is 5.91 Å². The number of Topliss-reactive ketones (excluding diaryl/α,β-unsaturated/α-hetero) is 1. The minimum absolute atomic E-state index is 0.0906. The molecule has 1 aliphatic heterocycles. The molecule has 0 aliphatic carbocycles. The van der Waals surface area contributed by atoms with Gasteiger partial charge in [0.15, 0.2) is 22.4 Å². The second-order valence-corrected chi connectivity index (χ2v) is 8.54. The first-order chi connectivity index (χ1) is 13.6. The molecule has 0 saturated carbocycles. The fourth-order valence-electron chi connectivity index (χ4n) is 2.66. The molecule has 6 nitrogen and oxygen atoms in total. The highest BCUT2D eigenvalue weighted by atomic mass is 35.5. The van der Waals surface area contributed by atoms with E-state index in [0.717, 1.165) is 17.0 Å². The standard InChI is InChI=1S/C19H15ClN2O4S2/c20-17-5-4-16(28-17)13(23)2-6-18(24)22-19-21-12(10-27-19)11-1-3-14-15(9-11)26-8-7-25-14/h1,3-5,9-10H,2,6-8H2,(H,21,22,24). The minimum atomic E-state index is -0.251. The van der Waals surface area contributed by atoms with Crippen molar-refractivity contribution in [2.45, 2.75) is 12.8 Å². The van der Waals surface area contributed by atoms with Crippen LogP contribution in [-0.2, 0) is 4.79 Å². The number of nitrogens with one attached hydrogen (secondary N) is 1. The largest absolute Gasteiger partial charge is 0.486 e. The van der Waals surface area contributed by atoms with Crippen molar-refractivity contribution in [2.75, 3.05) is 18.5 Å². The van der Waals surface area contributed by atoms with E-state index in [1.165, 1.54) is 22.7 Å². The number of thiophene rings is 1. The molecule has 3 aromatic rings. The Morgan fingerprint density at radius 2 is 1.93 bits per heavy atom. The van der Waals surface area contributed by atoms with Crippen LogP contribution < -0.4 is 14.8 Å². The highest BCUT2D eigenvalue weighted by Gasteiger charge is 2.15. The molecule has 144 valence electrons. The van der Waals surface area contributed by atoms with E-state index in [2.05, 4.69) is 10.3 Å². The van der Waals surface area contributed by atoms with E-state index in [9.17, 15) is 9.59 Å². The molecular formula is C19H15ClN2O4S2. The van der Waals surface area contributed by atoms with Crippen LogP contribution in [0.25, 0.3) is 11.3 Å². The molecule has 1 amide bonds. The number of rotatable bonds is 6. The number of carbonyl (C=O) groups excluding carboxylic acids is 2. The van der Waals surface area contributed by atoms with Gasteiger partial charge < -0.3 is 14.8 Å². The molecule has 1 N–H and O–H groups in total. The Hall–Kier alpha value is -2.42. The summed E-state index contributed by atoms with van der Waals surface area (Å²) in [7, 11) is 0. The average molecular weight is 435 g/mol. The number of aromatic nitrogens is 1. The van der Waals surface area contributed by atoms with Gasteiger partial charge in [-0.3, -0.25) is 9.59 Å². The number of thiazole rings is 1. The van der Waals surface area contributed by atoms with Gasteiger partial charge >= 0.3 is 0 Å². The van der Waals surface area contributed by atoms with Gasteiger partial charge in [0.25, 0.3) is 0 Å².